The number of piperidine rings is 1. The predicted molar refractivity (Wildman–Crippen MR) is 79.2 cm³/mol. The second-order valence-electron chi connectivity index (χ2n) is 6.49. The van der Waals surface area contributed by atoms with Crippen molar-refractivity contribution >= 4 is 11.8 Å². The van der Waals surface area contributed by atoms with E-state index in [2.05, 4.69) is 6.92 Å². The minimum Gasteiger partial charge on any atom is -0.342 e. The fraction of sp³-hybridized carbons (Fsp3) is 0.875. The van der Waals surface area contributed by atoms with Crippen molar-refractivity contribution in [2.75, 3.05) is 19.6 Å². The molecule has 4 heteroatoms. The average Bonchev–Trinajstić information content (AvgIpc) is 2.92. The van der Waals surface area contributed by atoms with Gasteiger partial charge in [-0.05, 0) is 31.6 Å². The first-order chi connectivity index (χ1) is 9.58. The lowest BCUT2D eigenvalue weighted by Gasteiger charge is -2.33. The number of carbonyl (C=O) groups is 2. The van der Waals surface area contributed by atoms with Crippen LogP contribution in [0, 0.1) is 5.92 Å². The van der Waals surface area contributed by atoms with Gasteiger partial charge in [-0.3, -0.25) is 9.59 Å². The van der Waals surface area contributed by atoms with Gasteiger partial charge in [0, 0.05) is 39.0 Å². The summed E-state index contributed by atoms with van der Waals surface area (Å²) in [6.45, 7) is 6.23. The SMILES string of the molecule is CC(=O)N(CCC(=O)N1CCCC(C)C1)C1CCCC1. The average molecular weight is 280 g/mol. The maximum absolute atomic E-state index is 12.3. The van der Waals surface area contributed by atoms with Crippen LogP contribution in [-0.2, 0) is 9.59 Å². The van der Waals surface area contributed by atoms with E-state index in [9.17, 15) is 9.59 Å². The van der Waals surface area contributed by atoms with Crippen molar-refractivity contribution in [3.8, 4) is 0 Å². The van der Waals surface area contributed by atoms with E-state index in [1.165, 1.54) is 19.3 Å². The highest BCUT2D eigenvalue weighted by molar-refractivity contribution is 5.78. The minimum atomic E-state index is 0.122. The number of nitrogens with zero attached hydrogens (tertiary/aromatic N) is 2. The highest BCUT2D eigenvalue weighted by Gasteiger charge is 2.26. The van der Waals surface area contributed by atoms with Gasteiger partial charge in [0.15, 0.2) is 0 Å². The Kier molecular flexibility index (Phi) is 5.44. The fourth-order valence-electron chi connectivity index (χ4n) is 3.60. The molecule has 20 heavy (non-hydrogen) atoms. The summed E-state index contributed by atoms with van der Waals surface area (Å²) in [6.07, 6.45) is 7.47. The number of hydrogen-bond donors (Lipinski definition) is 0. The lowest BCUT2D eigenvalue weighted by Crippen LogP contribution is -2.43. The Bertz CT molecular complexity index is 350. The topological polar surface area (TPSA) is 40.6 Å². The van der Waals surface area contributed by atoms with E-state index in [0.29, 0.717) is 24.9 Å². The largest absolute Gasteiger partial charge is 0.342 e. The summed E-state index contributed by atoms with van der Waals surface area (Å²) in [5.74, 6) is 0.962. The molecule has 1 saturated carbocycles. The van der Waals surface area contributed by atoms with Crippen molar-refractivity contribution in [3.05, 3.63) is 0 Å². The summed E-state index contributed by atoms with van der Waals surface area (Å²) in [5.41, 5.74) is 0. The van der Waals surface area contributed by atoms with Gasteiger partial charge in [0.25, 0.3) is 0 Å². The van der Waals surface area contributed by atoms with Crippen molar-refractivity contribution in [3.63, 3.8) is 0 Å². The molecule has 0 aromatic heterocycles. The summed E-state index contributed by atoms with van der Waals surface area (Å²) in [4.78, 5) is 28.0. The summed E-state index contributed by atoms with van der Waals surface area (Å²) >= 11 is 0. The fourth-order valence-corrected chi connectivity index (χ4v) is 3.60. The highest BCUT2D eigenvalue weighted by Crippen LogP contribution is 2.24. The zero-order valence-corrected chi connectivity index (χ0v) is 12.9. The first-order valence-corrected chi connectivity index (χ1v) is 8.13. The maximum Gasteiger partial charge on any atom is 0.224 e. The minimum absolute atomic E-state index is 0.122. The molecule has 0 aromatic rings. The van der Waals surface area contributed by atoms with Crippen LogP contribution in [0.2, 0.25) is 0 Å². The van der Waals surface area contributed by atoms with Crippen LogP contribution in [-0.4, -0.2) is 47.3 Å². The van der Waals surface area contributed by atoms with Gasteiger partial charge in [0.2, 0.25) is 11.8 Å². The molecule has 0 bridgehead atoms. The van der Waals surface area contributed by atoms with Crippen LogP contribution >= 0.6 is 0 Å². The molecule has 1 atom stereocenters. The molecule has 1 aliphatic carbocycles. The molecule has 1 saturated heterocycles. The van der Waals surface area contributed by atoms with Crippen LogP contribution in [0.5, 0.6) is 0 Å². The maximum atomic E-state index is 12.3. The smallest absolute Gasteiger partial charge is 0.224 e. The van der Waals surface area contributed by atoms with Gasteiger partial charge in [-0.2, -0.15) is 0 Å². The van der Waals surface area contributed by atoms with Gasteiger partial charge >= 0.3 is 0 Å². The third-order valence-electron chi connectivity index (χ3n) is 4.75. The van der Waals surface area contributed by atoms with Gasteiger partial charge in [-0.1, -0.05) is 19.8 Å². The molecule has 0 spiro atoms. The van der Waals surface area contributed by atoms with Crippen LogP contribution in [0.1, 0.15) is 58.8 Å². The molecular formula is C16H28N2O2. The molecule has 1 unspecified atom stereocenters. The van der Waals surface area contributed by atoms with Gasteiger partial charge in [-0.15, -0.1) is 0 Å². The van der Waals surface area contributed by atoms with Crippen molar-refractivity contribution in [1.29, 1.82) is 0 Å². The summed E-state index contributed by atoms with van der Waals surface area (Å²) in [6, 6.07) is 0.376. The first kappa shape index (κ1) is 15.3. The zero-order chi connectivity index (χ0) is 14.5. The summed E-state index contributed by atoms with van der Waals surface area (Å²) < 4.78 is 0. The van der Waals surface area contributed by atoms with Gasteiger partial charge in [-0.25, -0.2) is 0 Å². The van der Waals surface area contributed by atoms with Crippen LogP contribution in [0.15, 0.2) is 0 Å². The van der Waals surface area contributed by atoms with Crippen LogP contribution in [0.4, 0.5) is 0 Å². The monoisotopic (exact) mass is 280 g/mol. The Hall–Kier alpha value is -1.06. The molecule has 114 valence electrons. The van der Waals surface area contributed by atoms with Crippen molar-refractivity contribution in [2.45, 2.75) is 64.8 Å². The molecule has 2 fully saturated rings. The predicted octanol–water partition coefficient (Wildman–Crippen LogP) is 2.43. The normalized spacial score (nSPS) is 23.9. The second-order valence-corrected chi connectivity index (χ2v) is 6.49. The van der Waals surface area contributed by atoms with E-state index in [1.54, 1.807) is 6.92 Å². The van der Waals surface area contributed by atoms with Crippen LogP contribution in [0.3, 0.4) is 0 Å². The van der Waals surface area contributed by atoms with E-state index in [-0.39, 0.29) is 11.8 Å². The summed E-state index contributed by atoms with van der Waals surface area (Å²) in [7, 11) is 0. The van der Waals surface area contributed by atoms with E-state index >= 15 is 0 Å². The molecular weight excluding hydrogens is 252 g/mol. The van der Waals surface area contributed by atoms with Crippen molar-refractivity contribution < 1.29 is 9.59 Å². The number of hydrogen-bond acceptors (Lipinski definition) is 2. The number of carbonyl (C=O) groups excluding carboxylic acids is 2. The van der Waals surface area contributed by atoms with E-state index < -0.39 is 0 Å². The molecule has 0 radical (unpaired) electrons. The van der Waals surface area contributed by atoms with E-state index in [4.69, 9.17) is 0 Å². The van der Waals surface area contributed by atoms with Crippen molar-refractivity contribution in [2.24, 2.45) is 5.92 Å². The third kappa shape index (κ3) is 3.97. The van der Waals surface area contributed by atoms with Crippen LogP contribution < -0.4 is 0 Å². The van der Waals surface area contributed by atoms with Crippen molar-refractivity contribution in [1.82, 2.24) is 9.80 Å². The molecule has 0 aromatic carbocycles. The Balaban J connectivity index is 1.82. The molecule has 2 amide bonds. The Morgan fingerprint density at radius 2 is 1.85 bits per heavy atom. The third-order valence-corrected chi connectivity index (χ3v) is 4.75. The molecule has 2 rings (SSSR count). The number of likely N-dealkylation sites (tertiary alicyclic amines) is 1. The molecule has 1 aliphatic heterocycles. The number of amides is 2. The lowest BCUT2D eigenvalue weighted by molar-refractivity contribution is -0.135. The number of rotatable bonds is 4. The summed E-state index contributed by atoms with van der Waals surface area (Å²) in [5, 5.41) is 0. The quantitative estimate of drug-likeness (QED) is 0.793. The Labute approximate surface area is 122 Å². The van der Waals surface area contributed by atoms with Crippen LogP contribution in [0.25, 0.3) is 0 Å². The molecule has 4 nitrogen and oxygen atoms in total. The standard InChI is InChI=1S/C16H28N2O2/c1-13-6-5-10-17(12-13)16(20)9-11-18(14(2)19)15-7-3-4-8-15/h13,15H,3-12H2,1-2H3. The molecule has 1 heterocycles. The van der Waals surface area contributed by atoms with Gasteiger partial charge in [0.05, 0.1) is 0 Å². The highest BCUT2D eigenvalue weighted by atomic mass is 16.2. The Morgan fingerprint density at radius 1 is 1.15 bits per heavy atom. The van der Waals surface area contributed by atoms with Gasteiger partial charge in [0.1, 0.15) is 0 Å². The molecule has 0 N–H and O–H groups in total. The molecule has 2 aliphatic rings. The van der Waals surface area contributed by atoms with E-state index in [0.717, 1.165) is 32.4 Å². The zero-order valence-electron chi connectivity index (χ0n) is 12.9. The van der Waals surface area contributed by atoms with E-state index in [1.807, 2.05) is 9.80 Å². The Morgan fingerprint density at radius 3 is 2.45 bits per heavy atom. The second kappa shape index (κ2) is 7.09. The first-order valence-electron chi connectivity index (χ1n) is 8.13. The van der Waals surface area contributed by atoms with Gasteiger partial charge < -0.3 is 9.80 Å². The lowest BCUT2D eigenvalue weighted by atomic mass is 10.00.